The number of nitrogens with one attached hydrogen (secondary N) is 2. The van der Waals surface area contributed by atoms with Gasteiger partial charge in [-0.25, -0.2) is 4.79 Å². The van der Waals surface area contributed by atoms with Crippen molar-refractivity contribution in [1.82, 2.24) is 15.5 Å². The molecule has 3 atom stereocenters. The van der Waals surface area contributed by atoms with Gasteiger partial charge >= 0.3 is 6.03 Å². The summed E-state index contributed by atoms with van der Waals surface area (Å²) in [5.41, 5.74) is 1.98. The molecule has 6 nitrogen and oxygen atoms in total. The largest absolute Gasteiger partial charge is 0.394 e. The molecular formula is C22H31N3O3. The number of carbonyl (C=O) groups is 2. The van der Waals surface area contributed by atoms with Gasteiger partial charge in [0.15, 0.2) is 0 Å². The van der Waals surface area contributed by atoms with Crippen molar-refractivity contribution in [2.75, 3.05) is 13.2 Å². The minimum atomic E-state index is -0.325. The van der Waals surface area contributed by atoms with Crippen LogP contribution < -0.4 is 10.6 Å². The first-order chi connectivity index (χ1) is 13.4. The maximum atomic E-state index is 12.6. The van der Waals surface area contributed by atoms with Crippen LogP contribution in [0.15, 0.2) is 24.3 Å². The number of benzene rings is 1. The van der Waals surface area contributed by atoms with Crippen molar-refractivity contribution in [2.24, 2.45) is 0 Å². The predicted octanol–water partition coefficient (Wildman–Crippen LogP) is 2.22. The van der Waals surface area contributed by atoms with Gasteiger partial charge in [0.25, 0.3) is 0 Å². The highest BCUT2D eigenvalue weighted by Crippen LogP contribution is 2.40. The summed E-state index contributed by atoms with van der Waals surface area (Å²) in [7, 11) is 0. The van der Waals surface area contributed by atoms with Gasteiger partial charge < -0.3 is 20.6 Å². The van der Waals surface area contributed by atoms with E-state index in [-0.39, 0.29) is 42.6 Å². The number of hydrogen-bond donors (Lipinski definition) is 3. The van der Waals surface area contributed by atoms with E-state index in [2.05, 4.69) is 29.4 Å². The summed E-state index contributed by atoms with van der Waals surface area (Å²) in [5, 5.41) is 15.6. The minimum Gasteiger partial charge on any atom is -0.394 e. The van der Waals surface area contributed by atoms with Gasteiger partial charge in [-0.15, -0.1) is 0 Å². The molecule has 1 fully saturated rings. The second-order valence-corrected chi connectivity index (χ2v) is 7.47. The number of amides is 3. The van der Waals surface area contributed by atoms with Gasteiger partial charge in [-0.2, -0.15) is 0 Å². The summed E-state index contributed by atoms with van der Waals surface area (Å²) < 4.78 is 0. The monoisotopic (exact) mass is 385 g/mol. The summed E-state index contributed by atoms with van der Waals surface area (Å²) in [6, 6.07) is 7.18. The third kappa shape index (κ3) is 5.26. The minimum absolute atomic E-state index is 0.00622. The van der Waals surface area contributed by atoms with Gasteiger partial charge in [0.1, 0.15) is 0 Å². The average Bonchev–Trinajstić information content (AvgIpc) is 2.61. The Kier molecular flexibility index (Phi) is 7.89. The molecule has 0 saturated carbocycles. The van der Waals surface area contributed by atoms with Gasteiger partial charge in [-0.05, 0) is 38.0 Å². The fraction of sp³-hybridized carbons (Fsp3) is 0.545. The van der Waals surface area contributed by atoms with E-state index in [1.807, 2.05) is 38.1 Å². The van der Waals surface area contributed by atoms with E-state index < -0.39 is 0 Å². The summed E-state index contributed by atoms with van der Waals surface area (Å²) in [5.74, 6) is 6.08. The molecule has 1 aliphatic rings. The topological polar surface area (TPSA) is 81.7 Å². The molecular weight excluding hydrogens is 354 g/mol. The molecule has 1 heterocycles. The number of unbranched alkanes of at least 4 members (excludes halogenated alkanes) is 1. The average molecular weight is 386 g/mol. The lowest BCUT2D eigenvalue weighted by molar-refractivity contribution is -0.119. The Hall–Kier alpha value is -2.52. The third-order valence-corrected chi connectivity index (χ3v) is 4.84. The van der Waals surface area contributed by atoms with Crippen LogP contribution in [0.25, 0.3) is 0 Å². The molecule has 0 aliphatic carbocycles. The lowest BCUT2D eigenvalue weighted by atomic mass is 9.75. The molecule has 3 N–H and O–H groups in total. The molecule has 1 aromatic rings. The Morgan fingerprint density at radius 3 is 2.43 bits per heavy atom. The van der Waals surface area contributed by atoms with Crippen LogP contribution in [0.4, 0.5) is 4.79 Å². The molecule has 1 saturated heterocycles. The third-order valence-electron chi connectivity index (χ3n) is 4.84. The molecule has 3 amide bonds. The number of aliphatic hydroxyl groups is 1. The SMILES string of the molecule is CCCC#Cc1ccc([C@H]2[C@@H](CO)N(C(=O)NC(C)C)[C@@H]2CNC(C)=O)cc1. The van der Waals surface area contributed by atoms with E-state index in [9.17, 15) is 14.7 Å². The zero-order valence-corrected chi connectivity index (χ0v) is 17.2. The van der Waals surface area contributed by atoms with Crippen molar-refractivity contribution in [3.8, 4) is 11.8 Å². The first-order valence-electron chi connectivity index (χ1n) is 9.92. The van der Waals surface area contributed by atoms with Crippen LogP contribution in [0.3, 0.4) is 0 Å². The standard InChI is InChI=1S/C22H31N3O3/c1-5-6-7-8-17-9-11-18(12-10-17)21-19(13-23-16(4)27)25(20(21)14-26)22(28)24-15(2)3/h9-12,15,19-21,26H,5-6,13-14H2,1-4H3,(H,23,27)(H,24,28)/t19-,20-,21-/m1/s1. The number of aliphatic hydroxyl groups excluding tert-OH is 1. The molecule has 0 radical (unpaired) electrons. The maximum Gasteiger partial charge on any atom is 0.318 e. The number of urea groups is 1. The van der Waals surface area contributed by atoms with Crippen molar-refractivity contribution < 1.29 is 14.7 Å². The Balaban J connectivity index is 2.23. The molecule has 1 aliphatic heterocycles. The lowest BCUT2D eigenvalue weighted by Crippen LogP contribution is -2.70. The second kappa shape index (κ2) is 10.1. The highest BCUT2D eigenvalue weighted by Gasteiger charge is 2.51. The van der Waals surface area contributed by atoms with Crippen molar-refractivity contribution in [3.63, 3.8) is 0 Å². The molecule has 0 bridgehead atoms. The molecule has 28 heavy (non-hydrogen) atoms. The van der Waals surface area contributed by atoms with E-state index in [0.717, 1.165) is 24.0 Å². The lowest BCUT2D eigenvalue weighted by Gasteiger charge is -2.54. The van der Waals surface area contributed by atoms with E-state index in [0.29, 0.717) is 6.54 Å². The van der Waals surface area contributed by atoms with Crippen LogP contribution in [0, 0.1) is 11.8 Å². The van der Waals surface area contributed by atoms with Crippen LogP contribution in [0.1, 0.15) is 57.6 Å². The maximum absolute atomic E-state index is 12.6. The first-order valence-corrected chi connectivity index (χ1v) is 9.92. The summed E-state index contributed by atoms with van der Waals surface area (Å²) in [6.45, 7) is 7.55. The summed E-state index contributed by atoms with van der Waals surface area (Å²) in [6.07, 6.45) is 1.90. The summed E-state index contributed by atoms with van der Waals surface area (Å²) >= 11 is 0. The van der Waals surface area contributed by atoms with Crippen molar-refractivity contribution in [2.45, 2.75) is 64.6 Å². The molecule has 6 heteroatoms. The van der Waals surface area contributed by atoms with Crippen molar-refractivity contribution in [3.05, 3.63) is 35.4 Å². The van der Waals surface area contributed by atoms with Crippen molar-refractivity contribution >= 4 is 11.9 Å². The number of nitrogens with zero attached hydrogens (tertiary/aromatic N) is 1. The zero-order chi connectivity index (χ0) is 20.7. The first kappa shape index (κ1) is 21.8. The number of rotatable bonds is 6. The molecule has 1 aromatic carbocycles. The van der Waals surface area contributed by atoms with Gasteiger partial charge in [0.05, 0.1) is 18.7 Å². The van der Waals surface area contributed by atoms with Crippen LogP contribution in [-0.4, -0.2) is 53.2 Å². The fourth-order valence-corrected chi connectivity index (χ4v) is 3.57. The van der Waals surface area contributed by atoms with Crippen LogP contribution in [-0.2, 0) is 4.79 Å². The van der Waals surface area contributed by atoms with E-state index in [4.69, 9.17) is 0 Å². The van der Waals surface area contributed by atoms with Crippen LogP contribution >= 0.6 is 0 Å². The van der Waals surface area contributed by atoms with E-state index in [1.54, 1.807) is 4.90 Å². The van der Waals surface area contributed by atoms with Gasteiger partial charge in [0.2, 0.25) is 5.91 Å². The zero-order valence-electron chi connectivity index (χ0n) is 17.2. The summed E-state index contributed by atoms with van der Waals surface area (Å²) in [4.78, 5) is 25.7. The molecule has 0 aromatic heterocycles. The quantitative estimate of drug-likeness (QED) is 0.657. The Morgan fingerprint density at radius 2 is 1.89 bits per heavy atom. The Bertz CT molecular complexity index is 734. The van der Waals surface area contributed by atoms with Gasteiger partial charge in [-0.3, -0.25) is 4.79 Å². The fourth-order valence-electron chi connectivity index (χ4n) is 3.57. The smallest absolute Gasteiger partial charge is 0.318 e. The normalized spacial score (nSPS) is 20.8. The second-order valence-electron chi connectivity index (χ2n) is 7.47. The molecule has 0 spiro atoms. The van der Waals surface area contributed by atoms with Crippen LogP contribution in [0.5, 0.6) is 0 Å². The molecule has 0 unspecified atom stereocenters. The van der Waals surface area contributed by atoms with Gasteiger partial charge in [0, 0.05) is 37.4 Å². The van der Waals surface area contributed by atoms with Crippen LogP contribution in [0.2, 0.25) is 0 Å². The molecule has 2 rings (SSSR count). The number of hydrogen-bond acceptors (Lipinski definition) is 3. The Labute approximate surface area is 167 Å². The number of likely N-dealkylation sites (tertiary alicyclic amines) is 1. The van der Waals surface area contributed by atoms with Crippen molar-refractivity contribution in [1.29, 1.82) is 0 Å². The molecule has 152 valence electrons. The predicted molar refractivity (Wildman–Crippen MR) is 110 cm³/mol. The number of carbonyl (C=O) groups excluding carboxylic acids is 2. The highest BCUT2D eigenvalue weighted by molar-refractivity contribution is 5.77. The highest BCUT2D eigenvalue weighted by atomic mass is 16.3. The Morgan fingerprint density at radius 1 is 1.21 bits per heavy atom. The van der Waals surface area contributed by atoms with E-state index in [1.165, 1.54) is 6.92 Å². The van der Waals surface area contributed by atoms with E-state index >= 15 is 0 Å². The van der Waals surface area contributed by atoms with Gasteiger partial charge in [-0.1, -0.05) is 30.9 Å².